The maximum absolute atomic E-state index is 13.8. The van der Waals surface area contributed by atoms with E-state index in [-0.39, 0.29) is 18.9 Å². The van der Waals surface area contributed by atoms with Crippen molar-refractivity contribution in [2.45, 2.75) is 77.7 Å². The van der Waals surface area contributed by atoms with E-state index in [9.17, 15) is 50.7 Å². The average molecular weight is 622 g/mol. The van der Waals surface area contributed by atoms with Crippen molar-refractivity contribution in [3.05, 3.63) is 0 Å². The molecule has 1 aliphatic carbocycles. The van der Waals surface area contributed by atoms with Crippen LogP contribution in [-0.4, -0.2) is 102 Å². The van der Waals surface area contributed by atoms with Gasteiger partial charge in [0.1, 0.15) is 12.1 Å². The Morgan fingerprint density at radius 3 is 2.14 bits per heavy atom. The first-order valence-corrected chi connectivity index (χ1v) is 14.0. The van der Waals surface area contributed by atoms with Gasteiger partial charge < -0.3 is 25.8 Å². The van der Waals surface area contributed by atoms with E-state index in [2.05, 4.69) is 10.6 Å². The summed E-state index contributed by atoms with van der Waals surface area (Å²) in [5.74, 6) is -11.6. The number of nitrogens with one attached hydrogen (secondary N) is 3. The number of piperidine rings is 1. The zero-order valence-corrected chi connectivity index (χ0v) is 24.4. The molecule has 240 valence electrons. The quantitative estimate of drug-likeness (QED) is 0.268. The maximum atomic E-state index is 13.8. The van der Waals surface area contributed by atoms with Gasteiger partial charge in [0.2, 0.25) is 23.5 Å². The summed E-state index contributed by atoms with van der Waals surface area (Å²) in [5, 5.41) is 6.80. The fourth-order valence-corrected chi connectivity index (χ4v) is 6.44. The molecule has 0 aromatic carbocycles. The topological polar surface area (TPSA) is 145 Å². The van der Waals surface area contributed by atoms with Crippen LogP contribution in [0.5, 0.6) is 0 Å². The van der Waals surface area contributed by atoms with E-state index >= 15 is 0 Å². The van der Waals surface area contributed by atoms with E-state index in [1.807, 2.05) is 13.8 Å². The van der Waals surface area contributed by atoms with Crippen LogP contribution in [0.2, 0.25) is 0 Å². The van der Waals surface area contributed by atoms with Crippen molar-refractivity contribution in [3.63, 3.8) is 0 Å². The van der Waals surface area contributed by atoms with E-state index < -0.39 is 101 Å². The molecular formula is C27H36F5N5O6. The van der Waals surface area contributed by atoms with Crippen molar-refractivity contribution in [1.29, 1.82) is 0 Å². The summed E-state index contributed by atoms with van der Waals surface area (Å²) in [6.07, 6.45) is -5.26. The molecule has 4 fully saturated rings. The van der Waals surface area contributed by atoms with Gasteiger partial charge in [-0.05, 0) is 35.5 Å². The average Bonchev–Trinajstić information content (AvgIpc) is 3.21. The third kappa shape index (κ3) is 6.33. The molecule has 6 atom stereocenters. The summed E-state index contributed by atoms with van der Waals surface area (Å²) >= 11 is 0. The number of carbonyl (C=O) groups excluding carboxylic acids is 6. The summed E-state index contributed by atoms with van der Waals surface area (Å²) in [5.41, 5.74) is -1.64. The van der Waals surface area contributed by atoms with Crippen LogP contribution in [0.4, 0.5) is 22.0 Å². The monoisotopic (exact) mass is 621 g/mol. The van der Waals surface area contributed by atoms with E-state index in [0.29, 0.717) is 17.9 Å². The number of hydrogen-bond acceptors (Lipinski definition) is 6. The lowest BCUT2D eigenvalue weighted by molar-refractivity contribution is -0.176. The minimum Gasteiger partial charge on any atom is -0.356 e. The molecule has 0 aromatic rings. The molecule has 3 heterocycles. The van der Waals surface area contributed by atoms with E-state index in [4.69, 9.17) is 0 Å². The normalized spacial score (nSPS) is 28.7. The minimum absolute atomic E-state index is 0.00547. The van der Waals surface area contributed by atoms with Crippen LogP contribution in [0.3, 0.4) is 0 Å². The molecule has 1 saturated carbocycles. The van der Waals surface area contributed by atoms with E-state index in [1.165, 1.54) is 20.8 Å². The van der Waals surface area contributed by atoms with Crippen molar-refractivity contribution in [1.82, 2.24) is 25.8 Å². The Bertz CT molecular complexity index is 1220. The van der Waals surface area contributed by atoms with Crippen LogP contribution in [-0.2, 0) is 28.8 Å². The maximum Gasteiger partial charge on any atom is 0.471 e. The number of ketones is 1. The highest BCUT2D eigenvalue weighted by molar-refractivity contribution is 6.38. The highest BCUT2D eigenvalue weighted by atomic mass is 19.4. The largest absolute Gasteiger partial charge is 0.471 e. The molecule has 0 bridgehead atoms. The molecule has 5 amide bonds. The third-order valence-electron chi connectivity index (χ3n) is 9.06. The lowest BCUT2D eigenvalue weighted by atomic mass is 9.85. The van der Waals surface area contributed by atoms with Crippen LogP contribution in [0, 0.1) is 28.6 Å². The molecular weight excluding hydrogens is 585 g/mol. The molecule has 3 saturated heterocycles. The summed E-state index contributed by atoms with van der Waals surface area (Å²) < 4.78 is 66.0. The first kappa shape index (κ1) is 32.6. The standard InChI is InChI=1S/C27H36F5N5O6/c1-24(2,3)18(35-23(43)27(30,31)32)22(42)37-9-13-15(25(13,4)5)16(37)20(40)34-14(8-12-6-7-33-19(12)39)17(38)21(41)36-10-26(28,29)11-36/h12-16,18H,6-11H2,1-5H3,(H,33,39)(H,34,40)(H,35,43)/t12-,13-,14-,15-,16-,18+/m0/s1. The number of alkyl halides is 5. The van der Waals surface area contributed by atoms with E-state index in [1.54, 1.807) is 5.32 Å². The lowest BCUT2D eigenvalue weighted by Gasteiger charge is -2.39. The van der Waals surface area contributed by atoms with Gasteiger partial charge in [-0.3, -0.25) is 28.8 Å². The van der Waals surface area contributed by atoms with Gasteiger partial charge in [0.15, 0.2) is 0 Å². The minimum atomic E-state index is -5.26. The van der Waals surface area contributed by atoms with Gasteiger partial charge in [-0.1, -0.05) is 34.6 Å². The molecule has 16 heteroatoms. The second-order valence-corrected chi connectivity index (χ2v) is 13.6. The third-order valence-corrected chi connectivity index (χ3v) is 9.06. The molecule has 4 aliphatic rings. The molecule has 0 unspecified atom stereocenters. The van der Waals surface area contributed by atoms with E-state index in [0.717, 1.165) is 4.90 Å². The van der Waals surface area contributed by atoms with Gasteiger partial charge in [0.25, 0.3) is 11.8 Å². The molecule has 11 nitrogen and oxygen atoms in total. The SMILES string of the molecule is CC(C)(C)[C@H](NC(=O)C(F)(F)F)C(=O)N1C[C@H]2[C@@H]([C@H]1C(=O)N[C@@H](C[C@@H]1CCNC1=O)C(=O)C(=O)N1CC(F)(F)C1)C2(C)C. The van der Waals surface area contributed by atoms with Crippen LogP contribution < -0.4 is 16.0 Å². The first-order chi connectivity index (χ1) is 19.6. The summed E-state index contributed by atoms with van der Waals surface area (Å²) in [7, 11) is 0. The number of carbonyl (C=O) groups is 6. The van der Waals surface area contributed by atoms with Crippen molar-refractivity contribution in [3.8, 4) is 0 Å². The summed E-state index contributed by atoms with van der Waals surface area (Å²) in [6, 6.07) is -4.51. The highest BCUT2D eigenvalue weighted by Gasteiger charge is 2.70. The van der Waals surface area contributed by atoms with Gasteiger partial charge >= 0.3 is 12.1 Å². The van der Waals surface area contributed by atoms with Gasteiger partial charge in [-0.25, -0.2) is 8.78 Å². The lowest BCUT2D eigenvalue weighted by Crippen LogP contribution is -2.63. The van der Waals surface area contributed by atoms with Gasteiger partial charge in [-0.2, -0.15) is 13.2 Å². The van der Waals surface area contributed by atoms with Crippen LogP contribution >= 0.6 is 0 Å². The Morgan fingerprint density at radius 2 is 1.65 bits per heavy atom. The number of amides is 5. The molecule has 0 aromatic heterocycles. The predicted molar refractivity (Wildman–Crippen MR) is 138 cm³/mol. The van der Waals surface area contributed by atoms with Crippen molar-refractivity contribution < 1.29 is 50.7 Å². The number of halogens is 5. The van der Waals surface area contributed by atoms with Crippen LogP contribution in [0.1, 0.15) is 47.5 Å². The van der Waals surface area contributed by atoms with Gasteiger partial charge in [0, 0.05) is 19.0 Å². The fraction of sp³-hybridized carbons (Fsp3) is 0.778. The number of fused-ring (bicyclic) bond motifs is 1. The Morgan fingerprint density at radius 1 is 1.05 bits per heavy atom. The Hall–Kier alpha value is -3.33. The number of nitrogens with zero attached hydrogens (tertiary/aromatic N) is 2. The second kappa shape index (κ2) is 10.7. The van der Waals surface area contributed by atoms with Crippen molar-refractivity contribution in [2.24, 2.45) is 28.6 Å². The number of rotatable bonds is 8. The number of Topliss-reactive ketones (excluding diaryl/α,β-unsaturated/α-hetero) is 1. The second-order valence-electron chi connectivity index (χ2n) is 13.6. The highest BCUT2D eigenvalue weighted by Crippen LogP contribution is 2.65. The fourth-order valence-electron chi connectivity index (χ4n) is 6.44. The molecule has 3 aliphatic heterocycles. The predicted octanol–water partition coefficient (Wildman–Crippen LogP) is 0.620. The van der Waals surface area contributed by atoms with Crippen molar-refractivity contribution in [2.75, 3.05) is 26.2 Å². The van der Waals surface area contributed by atoms with Crippen LogP contribution in [0.15, 0.2) is 0 Å². The number of likely N-dealkylation sites (tertiary alicyclic amines) is 2. The Kier molecular flexibility index (Phi) is 8.09. The smallest absolute Gasteiger partial charge is 0.356 e. The van der Waals surface area contributed by atoms with Crippen LogP contribution in [0.25, 0.3) is 0 Å². The Balaban J connectivity index is 1.59. The van der Waals surface area contributed by atoms with Crippen molar-refractivity contribution >= 4 is 35.3 Å². The number of hydrogen-bond donors (Lipinski definition) is 3. The molecule has 0 spiro atoms. The molecule has 3 N–H and O–H groups in total. The van der Waals surface area contributed by atoms with Gasteiger partial charge in [0.05, 0.1) is 19.1 Å². The zero-order valence-electron chi connectivity index (χ0n) is 24.4. The summed E-state index contributed by atoms with van der Waals surface area (Å²) in [6.45, 7) is 6.40. The zero-order chi connectivity index (χ0) is 32.4. The molecule has 43 heavy (non-hydrogen) atoms. The molecule has 4 rings (SSSR count). The first-order valence-electron chi connectivity index (χ1n) is 14.0. The van der Waals surface area contributed by atoms with Gasteiger partial charge in [-0.15, -0.1) is 0 Å². The summed E-state index contributed by atoms with van der Waals surface area (Å²) in [4.78, 5) is 79.2. The Labute approximate surface area is 244 Å². The molecule has 0 radical (unpaired) electrons.